The molecule has 0 atom stereocenters. The van der Waals surface area contributed by atoms with Crippen molar-refractivity contribution in [3.8, 4) is 45.9 Å². The fourth-order valence-electron chi connectivity index (χ4n) is 6.21. The summed E-state index contributed by atoms with van der Waals surface area (Å²) in [5.41, 5.74) is 4.80. The number of furan rings is 2. The summed E-state index contributed by atoms with van der Waals surface area (Å²) in [6.07, 6.45) is 0. The largest absolute Gasteiger partial charge is 0.451 e. The van der Waals surface area contributed by atoms with Gasteiger partial charge in [0.25, 0.3) is 11.8 Å². The average Bonchev–Trinajstić information content (AvgIpc) is 3.91. The standard InChI is InChI=1S/C40H22N2O4/c1-3-7-25-17-27(11-9-23(25)5-1)33-13-15-35(43-33)39-41-31-19-29-22-38-32(20-30(29)21-37(31)45-39)42-40(46-38)36-16-14-34(44-36)28-12-10-24-6-2-4-8-26(24)18-28/h1-22H. The van der Waals surface area contributed by atoms with Crippen LogP contribution in [0.15, 0.2) is 151 Å². The minimum Gasteiger partial charge on any atom is -0.451 e. The summed E-state index contributed by atoms with van der Waals surface area (Å²) in [6, 6.07) is 44.8. The first-order valence-corrected chi connectivity index (χ1v) is 15.0. The Kier molecular flexibility index (Phi) is 5.19. The zero-order valence-electron chi connectivity index (χ0n) is 24.2. The molecule has 0 spiro atoms. The maximum absolute atomic E-state index is 6.20. The van der Waals surface area contributed by atoms with Crippen LogP contribution < -0.4 is 0 Å². The molecule has 0 aliphatic rings. The van der Waals surface area contributed by atoms with E-state index in [1.165, 1.54) is 10.8 Å². The van der Waals surface area contributed by atoms with E-state index >= 15 is 0 Å². The minimum absolute atomic E-state index is 0.432. The summed E-state index contributed by atoms with van der Waals surface area (Å²) in [7, 11) is 0. The molecule has 216 valence electrons. The third kappa shape index (κ3) is 4.04. The molecule has 0 N–H and O–H groups in total. The van der Waals surface area contributed by atoms with Crippen molar-refractivity contribution in [1.82, 2.24) is 9.97 Å². The number of oxazole rings is 2. The van der Waals surface area contributed by atoms with Crippen molar-refractivity contribution < 1.29 is 17.7 Å². The first-order valence-electron chi connectivity index (χ1n) is 15.0. The molecule has 0 bridgehead atoms. The van der Waals surface area contributed by atoms with Crippen molar-refractivity contribution >= 4 is 54.5 Å². The minimum atomic E-state index is 0.432. The van der Waals surface area contributed by atoms with E-state index in [4.69, 9.17) is 27.6 Å². The molecule has 0 aliphatic heterocycles. The molecular weight excluding hydrogens is 572 g/mol. The first-order chi connectivity index (χ1) is 22.7. The van der Waals surface area contributed by atoms with E-state index in [0.717, 1.165) is 55.2 Å². The average molecular weight is 595 g/mol. The Morgan fingerprint density at radius 2 is 0.761 bits per heavy atom. The Labute approximate surface area is 261 Å². The molecule has 46 heavy (non-hydrogen) atoms. The highest BCUT2D eigenvalue weighted by Gasteiger charge is 2.17. The quantitative estimate of drug-likeness (QED) is 0.202. The lowest BCUT2D eigenvalue weighted by Gasteiger charge is -2.00. The lowest BCUT2D eigenvalue weighted by Crippen LogP contribution is -1.77. The number of nitrogens with zero attached hydrogens (tertiary/aromatic N) is 2. The zero-order chi connectivity index (χ0) is 30.2. The Balaban J connectivity index is 0.968. The van der Waals surface area contributed by atoms with Crippen molar-refractivity contribution in [3.05, 3.63) is 133 Å². The second-order valence-electron chi connectivity index (χ2n) is 11.5. The van der Waals surface area contributed by atoms with E-state index in [2.05, 4.69) is 60.7 Å². The normalized spacial score (nSPS) is 11.9. The summed E-state index contributed by atoms with van der Waals surface area (Å²) in [5, 5.41) is 6.64. The predicted molar refractivity (Wildman–Crippen MR) is 180 cm³/mol. The highest BCUT2D eigenvalue weighted by molar-refractivity contribution is 6.01. The number of hydrogen-bond donors (Lipinski definition) is 0. The van der Waals surface area contributed by atoms with Gasteiger partial charge in [0.1, 0.15) is 22.6 Å². The molecule has 0 amide bonds. The van der Waals surface area contributed by atoms with Crippen LogP contribution in [-0.2, 0) is 0 Å². The fourth-order valence-corrected chi connectivity index (χ4v) is 6.21. The second kappa shape index (κ2) is 9.55. The van der Waals surface area contributed by atoms with Gasteiger partial charge in [-0.2, -0.15) is 0 Å². The molecule has 0 saturated heterocycles. The van der Waals surface area contributed by atoms with Crippen molar-refractivity contribution in [2.24, 2.45) is 0 Å². The summed E-state index contributed by atoms with van der Waals surface area (Å²) >= 11 is 0. The Morgan fingerprint density at radius 3 is 1.24 bits per heavy atom. The summed E-state index contributed by atoms with van der Waals surface area (Å²) in [4.78, 5) is 9.50. The maximum atomic E-state index is 6.20. The highest BCUT2D eigenvalue weighted by atomic mass is 16.4. The zero-order valence-corrected chi connectivity index (χ0v) is 24.2. The molecule has 0 saturated carbocycles. The van der Waals surface area contributed by atoms with Crippen LogP contribution in [-0.4, -0.2) is 9.97 Å². The number of rotatable bonds is 4. The third-order valence-electron chi connectivity index (χ3n) is 8.55. The molecule has 0 unspecified atom stereocenters. The van der Waals surface area contributed by atoms with Gasteiger partial charge in [0.2, 0.25) is 0 Å². The Morgan fingerprint density at radius 1 is 0.326 bits per heavy atom. The number of aromatic nitrogens is 2. The third-order valence-corrected chi connectivity index (χ3v) is 8.55. The highest BCUT2D eigenvalue weighted by Crippen LogP contribution is 2.36. The van der Waals surface area contributed by atoms with Gasteiger partial charge in [-0.25, -0.2) is 9.97 Å². The summed E-state index contributed by atoms with van der Waals surface area (Å²) in [5.74, 6) is 3.53. The van der Waals surface area contributed by atoms with Gasteiger partial charge in [-0.15, -0.1) is 0 Å². The van der Waals surface area contributed by atoms with Gasteiger partial charge in [0.05, 0.1) is 0 Å². The van der Waals surface area contributed by atoms with Gasteiger partial charge in [-0.1, -0.05) is 72.8 Å². The first kappa shape index (κ1) is 25.0. The van der Waals surface area contributed by atoms with Gasteiger partial charge in [-0.3, -0.25) is 0 Å². The molecule has 0 fully saturated rings. The van der Waals surface area contributed by atoms with Crippen LogP contribution in [0.1, 0.15) is 0 Å². The molecule has 10 rings (SSSR count). The molecule has 10 aromatic rings. The van der Waals surface area contributed by atoms with Crippen LogP contribution in [0, 0.1) is 0 Å². The van der Waals surface area contributed by atoms with Gasteiger partial charge in [-0.05, 0) is 93.0 Å². The van der Waals surface area contributed by atoms with E-state index in [0.29, 0.717) is 34.5 Å². The van der Waals surface area contributed by atoms with Gasteiger partial charge >= 0.3 is 0 Å². The van der Waals surface area contributed by atoms with E-state index in [1.807, 2.05) is 72.8 Å². The van der Waals surface area contributed by atoms with Gasteiger partial charge in [0, 0.05) is 11.1 Å². The lowest BCUT2D eigenvalue weighted by molar-refractivity contribution is 0.544. The van der Waals surface area contributed by atoms with E-state index in [9.17, 15) is 0 Å². The fraction of sp³-hybridized carbons (Fsp3) is 0. The number of benzene rings is 6. The molecular formula is C40H22N2O4. The van der Waals surface area contributed by atoms with Gasteiger partial charge in [0.15, 0.2) is 22.7 Å². The van der Waals surface area contributed by atoms with Crippen LogP contribution >= 0.6 is 0 Å². The topological polar surface area (TPSA) is 78.3 Å². The Bertz CT molecular complexity index is 2520. The number of hydrogen-bond acceptors (Lipinski definition) is 6. The van der Waals surface area contributed by atoms with Crippen molar-refractivity contribution in [1.29, 1.82) is 0 Å². The summed E-state index contributed by atoms with van der Waals surface area (Å²) in [6.45, 7) is 0. The van der Waals surface area contributed by atoms with Crippen LogP contribution in [0.25, 0.3) is 100 Å². The predicted octanol–water partition coefficient (Wildman–Crippen LogP) is 11.3. The SMILES string of the molecule is c1ccc2cc(-c3ccc(-c4nc5cc6cc7oc(-c8ccc(-c9ccc%10ccccc%10c9)o8)nc7cc6cc5o4)o3)ccc2c1. The van der Waals surface area contributed by atoms with Gasteiger partial charge < -0.3 is 17.7 Å². The van der Waals surface area contributed by atoms with Crippen molar-refractivity contribution in [3.63, 3.8) is 0 Å². The maximum Gasteiger partial charge on any atom is 0.263 e. The van der Waals surface area contributed by atoms with Crippen LogP contribution in [0.2, 0.25) is 0 Å². The molecule has 0 radical (unpaired) electrons. The van der Waals surface area contributed by atoms with Crippen molar-refractivity contribution in [2.45, 2.75) is 0 Å². The van der Waals surface area contributed by atoms with Crippen LogP contribution in [0.4, 0.5) is 0 Å². The van der Waals surface area contributed by atoms with Crippen LogP contribution in [0.5, 0.6) is 0 Å². The smallest absolute Gasteiger partial charge is 0.263 e. The molecule has 0 aliphatic carbocycles. The molecule has 6 aromatic carbocycles. The lowest BCUT2D eigenvalue weighted by atomic mass is 10.1. The Hall–Kier alpha value is -6.40. The second-order valence-corrected chi connectivity index (χ2v) is 11.5. The van der Waals surface area contributed by atoms with Crippen LogP contribution in [0.3, 0.4) is 0 Å². The van der Waals surface area contributed by atoms with E-state index in [1.54, 1.807) is 0 Å². The number of fused-ring (bicyclic) bond motifs is 5. The molecule has 6 heteroatoms. The molecule has 4 aromatic heterocycles. The monoisotopic (exact) mass is 594 g/mol. The van der Waals surface area contributed by atoms with Crippen molar-refractivity contribution in [2.75, 3.05) is 0 Å². The molecule has 4 heterocycles. The molecule has 6 nitrogen and oxygen atoms in total. The van der Waals surface area contributed by atoms with E-state index < -0.39 is 0 Å². The summed E-state index contributed by atoms with van der Waals surface area (Å²) < 4.78 is 24.7. The van der Waals surface area contributed by atoms with E-state index in [-0.39, 0.29) is 0 Å².